The Labute approximate surface area is 93.5 Å². The number of benzene rings is 4. The van der Waals surface area contributed by atoms with E-state index in [2.05, 4.69) is 60.7 Å². The number of hydrogen-bond acceptors (Lipinski definition) is 0. The van der Waals surface area contributed by atoms with Crippen LogP contribution in [0.3, 0.4) is 0 Å². The van der Waals surface area contributed by atoms with Crippen molar-refractivity contribution in [1.29, 1.82) is 0 Å². The standard InChI is InChI=1S/C16H10/c1-3-11-7-9-13-5-2-6-14-10-8-12(4-1)15(11)16(13)14/h1-10H/i1+1,2+1,3+1,4+1,5+1,6+1,7+1,8+1,9+1,10+1,11+1,12+1,13+1,14+1,15+1,16+1. The molecule has 16 heavy (non-hydrogen) atoms. The van der Waals surface area contributed by atoms with Gasteiger partial charge in [-0.15, -0.1) is 0 Å². The van der Waals surface area contributed by atoms with Gasteiger partial charge in [-0.25, -0.2) is 0 Å². The van der Waals surface area contributed by atoms with Gasteiger partial charge in [-0.3, -0.25) is 0 Å². The zero-order valence-corrected chi connectivity index (χ0v) is 8.77. The van der Waals surface area contributed by atoms with Crippen LogP contribution in [0.25, 0.3) is 32.3 Å². The molecule has 4 aromatic carbocycles. The highest BCUT2D eigenvalue weighted by Crippen LogP contribution is 2.33. The van der Waals surface area contributed by atoms with Gasteiger partial charge in [0.1, 0.15) is 0 Å². The van der Waals surface area contributed by atoms with Crippen molar-refractivity contribution in [1.82, 2.24) is 0 Å². The Balaban J connectivity index is 2.51. The Morgan fingerprint density at radius 1 is 0.375 bits per heavy atom. The van der Waals surface area contributed by atoms with E-state index in [1.807, 2.05) is 0 Å². The summed E-state index contributed by atoms with van der Waals surface area (Å²) < 4.78 is 0. The molecule has 0 aromatic heterocycles. The second-order valence-electron chi connectivity index (χ2n) is 4.29. The molecular weight excluding hydrogens is 208 g/mol. The summed E-state index contributed by atoms with van der Waals surface area (Å²) >= 11 is 0. The minimum Gasteiger partial charge on any atom is -0.0610 e. The summed E-state index contributed by atoms with van der Waals surface area (Å²) in [6.07, 6.45) is 0. The monoisotopic (exact) mass is 218 g/mol. The van der Waals surface area contributed by atoms with Crippen LogP contribution in [0, 0.1) is 0 Å². The predicted molar refractivity (Wildman–Crippen MR) is 70.1 cm³/mol. The topological polar surface area (TPSA) is 0 Å². The van der Waals surface area contributed by atoms with Crippen LogP contribution in [0.5, 0.6) is 0 Å². The molecule has 0 spiro atoms. The van der Waals surface area contributed by atoms with Crippen molar-refractivity contribution in [2.75, 3.05) is 0 Å². The summed E-state index contributed by atoms with van der Waals surface area (Å²) in [4.78, 5) is 0. The first-order valence-corrected chi connectivity index (χ1v) is 5.56. The molecule has 0 aliphatic carbocycles. The van der Waals surface area contributed by atoms with E-state index in [-0.39, 0.29) is 0 Å². The molecule has 0 fully saturated rings. The van der Waals surface area contributed by atoms with E-state index in [0.717, 1.165) is 0 Å². The van der Waals surface area contributed by atoms with Gasteiger partial charge < -0.3 is 0 Å². The second-order valence-corrected chi connectivity index (χ2v) is 4.29. The van der Waals surface area contributed by atoms with Crippen LogP contribution in [-0.2, 0) is 0 Å². The summed E-state index contributed by atoms with van der Waals surface area (Å²) in [7, 11) is 0. The minimum absolute atomic E-state index is 1.34. The molecule has 74 valence electrons. The Morgan fingerprint density at radius 3 is 1.00 bits per heavy atom. The largest absolute Gasteiger partial charge is 0.0610 e. The summed E-state index contributed by atoms with van der Waals surface area (Å²) in [5.41, 5.74) is 0. The Morgan fingerprint density at radius 2 is 0.688 bits per heavy atom. The average Bonchev–Trinajstić information content (AvgIpc) is 2.36. The Kier molecular flexibility index (Phi) is 1.39. The van der Waals surface area contributed by atoms with Crippen LogP contribution in [0.1, 0.15) is 0 Å². The van der Waals surface area contributed by atoms with Gasteiger partial charge >= 0.3 is 0 Å². The van der Waals surface area contributed by atoms with Gasteiger partial charge in [-0.2, -0.15) is 0 Å². The molecule has 0 bridgehead atoms. The quantitative estimate of drug-likeness (QED) is 0.379. The van der Waals surface area contributed by atoms with Crippen molar-refractivity contribution in [3.8, 4) is 0 Å². The highest BCUT2D eigenvalue weighted by atomic mass is 15.1. The molecule has 0 N–H and O–H groups in total. The zero-order valence-electron chi connectivity index (χ0n) is 8.77. The molecule has 0 saturated carbocycles. The van der Waals surface area contributed by atoms with Crippen molar-refractivity contribution in [3.05, 3.63) is 60.7 Å². The van der Waals surface area contributed by atoms with E-state index in [9.17, 15) is 0 Å². The highest BCUT2D eigenvalue weighted by molar-refractivity contribution is 6.22. The van der Waals surface area contributed by atoms with E-state index >= 15 is 0 Å². The molecule has 0 radical (unpaired) electrons. The van der Waals surface area contributed by atoms with Gasteiger partial charge in [0.05, 0.1) is 0 Å². The smallest absolute Gasteiger partial charge is 0.00268 e. The molecule has 0 heteroatoms. The molecule has 0 heterocycles. The molecule has 0 saturated heterocycles. The van der Waals surface area contributed by atoms with E-state index in [4.69, 9.17) is 0 Å². The van der Waals surface area contributed by atoms with Crippen molar-refractivity contribution < 1.29 is 0 Å². The fourth-order valence-corrected chi connectivity index (χ4v) is 2.67. The van der Waals surface area contributed by atoms with E-state index in [0.29, 0.717) is 0 Å². The first-order chi connectivity index (χ1) is 7.93. The molecule has 0 amide bonds. The van der Waals surface area contributed by atoms with Crippen LogP contribution in [0.15, 0.2) is 60.7 Å². The first-order valence-electron chi connectivity index (χ1n) is 5.56. The first kappa shape index (κ1) is 8.12. The average molecular weight is 218 g/mol. The van der Waals surface area contributed by atoms with Crippen molar-refractivity contribution in [2.24, 2.45) is 0 Å². The number of rotatable bonds is 0. The summed E-state index contributed by atoms with van der Waals surface area (Å²) in [5.74, 6) is 0. The number of hydrogen-bond donors (Lipinski definition) is 0. The summed E-state index contributed by atoms with van der Waals surface area (Å²) in [5, 5.41) is 8.14. The third-order valence-corrected chi connectivity index (χ3v) is 3.39. The van der Waals surface area contributed by atoms with E-state index in [1.165, 1.54) is 32.3 Å². The zero-order chi connectivity index (χ0) is 10.5. The lowest BCUT2D eigenvalue weighted by molar-refractivity contribution is 1.78. The SMILES string of the molecule is [13cH]1[13cH][13c]2[13cH][13cH][13c]3[13cH][13cH][13cH][13c]4[13cH][13cH][13c]([13cH]1)[13c]2[13c]34. The summed E-state index contributed by atoms with van der Waals surface area (Å²) in [6.45, 7) is 0. The second kappa shape index (κ2) is 2.73. The molecule has 0 atom stereocenters. The van der Waals surface area contributed by atoms with Crippen LogP contribution in [-0.4, -0.2) is 0 Å². The van der Waals surface area contributed by atoms with E-state index in [1.54, 1.807) is 0 Å². The lowest BCUT2D eigenvalue weighted by atomic mass is 10.9. The molecular formula is C16H10. The van der Waals surface area contributed by atoms with E-state index < -0.39 is 0 Å². The van der Waals surface area contributed by atoms with Crippen LogP contribution in [0.2, 0.25) is 0 Å². The molecule has 4 rings (SSSR count). The van der Waals surface area contributed by atoms with Crippen LogP contribution in [0.4, 0.5) is 0 Å². The minimum atomic E-state index is 1.34. The lowest BCUT2D eigenvalue weighted by Crippen LogP contribution is -1.82. The van der Waals surface area contributed by atoms with Gasteiger partial charge in [0, 0.05) is 0 Å². The van der Waals surface area contributed by atoms with Gasteiger partial charge in [0.15, 0.2) is 0 Å². The van der Waals surface area contributed by atoms with Crippen LogP contribution >= 0.6 is 0 Å². The van der Waals surface area contributed by atoms with Gasteiger partial charge in [0.2, 0.25) is 0 Å². The maximum atomic E-state index is 2.21. The van der Waals surface area contributed by atoms with Crippen molar-refractivity contribution >= 4 is 32.3 Å². The summed E-state index contributed by atoms with van der Waals surface area (Å²) in [6, 6.07) is 21.9. The highest BCUT2D eigenvalue weighted by Gasteiger charge is 2.05. The van der Waals surface area contributed by atoms with Crippen molar-refractivity contribution in [3.63, 3.8) is 0 Å². The maximum absolute atomic E-state index is 2.21. The molecule has 0 aliphatic heterocycles. The van der Waals surface area contributed by atoms with Crippen LogP contribution < -0.4 is 0 Å². The Bertz CT molecular complexity index is 667. The van der Waals surface area contributed by atoms with Crippen molar-refractivity contribution in [2.45, 2.75) is 0 Å². The maximum Gasteiger partial charge on any atom is -0.00268 e. The Hall–Kier alpha value is -2.08. The van der Waals surface area contributed by atoms with Gasteiger partial charge in [-0.05, 0) is 32.3 Å². The molecule has 0 nitrogen and oxygen atoms in total. The lowest BCUT2D eigenvalue weighted by Gasteiger charge is -2.09. The predicted octanol–water partition coefficient (Wildman–Crippen LogP) is 4.58. The van der Waals surface area contributed by atoms with Gasteiger partial charge in [-0.1, -0.05) is 60.7 Å². The van der Waals surface area contributed by atoms with Gasteiger partial charge in [0.25, 0.3) is 0 Å². The third-order valence-electron chi connectivity index (χ3n) is 3.39. The normalized spacial score (nSPS) is 11.8. The molecule has 0 aliphatic rings. The fourth-order valence-electron chi connectivity index (χ4n) is 2.67. The molecule has 0 unspecified atom stereocenters. The third kappa shape index (κ3) is 0.892. The fraction of sp³-hybridized carbons (Fsp3) is 0. The molecule has 4 aromatic rings.